The summed E-state index contributed by atoms with van der Waals surface area (Å²) in [6, 6.07) is 11.4. The number of ketones is 1. The highest BCUT2D eigenvalue weighted by molar-refractivity contribution is 6.14. The summed E-state index contributed by atoms with van der Waals surface area (Å²) >= 11 is 0. The molecule has 0 saturated carbocycles. The maximum Gasteiger partial charge on any atom is 0.335 e. The minimum absolute atomic E-state index is 0.106. The third-order valence-corrected chi connectivity index (χ3v) is 3.88. The molecule has 2 aromatic carbocycles. The van der Waals surface area contributed by atoms with E-state index < -0.39 is 5.97 Å². The fourth-order valence-electron chi connectivity index (χ4n) is 2.68. The average molecular weight is 351 g/mol. The molecule has 5 heteroatoms. The maximum atomic E-state index is 13.1. The monoisotopic (exact) mass is 351 g/mol. The number of methoxy groups -OCH3 is 1. The van der Waals surface area contributed by atoms with Crippen molar-refractivity contribution >= 4 is 17.4 Å². The molecule has 0 fully saturated rings. The van der Waals surface area contributed by atoms with Crippen LogP contribution < -0.4 is 9.64 Å². The number of aromatic carboxylic acids is 1. The van der Waals surface area contributed by atoms with Crippen LogP contribution in [0.3, 0.4) is 0 Å². The summed E-state index contributed by atoms with van der Waals surface area (Å²) in [5.74, 6) is -0.836. The van der Waals surface area contributed by atoms with Crippen molar-refractivity contribution in [3.63, 3.8) is 0 Å². The van der Waals surface area contributed by atoms with Crippen molar-refractivity contribution in [3.8, 4) is 5.75 Å². The third-order valence-electron chi connectivity index (χ3n) is 3.88. The highest BCUT2D eigenvalue weighted by Crippen LogP contribution is 2.28. The molecule has 0 spiro atoms. The molecule has 134 valence electrons. The van der Waals surface area contributed by atoms with Crippen LogP contribution in [0.15, 0.2) is 67.8 Å². The normalized spacial score (nSPS) is 10.0. The van der Waals surface area contributed by atoms with Crippen LogP contribution >= 0.6 is 0 Å². The molecule has 0 radical (unpaired) electrons. The molecule has 5 nitrogen and oxygen atoms in total. The first-order valence-corrected chi connectivity index (χ1v) is 8.05. The standard InChI is InChI=1S/C21H21NO4/c1-4-12-22(13-5-2)18-14-15(21(24)25)10-11-16(18)20(23)17-8-6-7-9-19(17)26-3/h4-11,14H,1-2,12-13H2,3H3,(H,24,25). The smallest absolute Gasteiger partial charge is 0.335 e. The van der Waals surface area contributed by atoms with E-state index in [4.69, 9.17) is 4.74 Å². The molecule has 0 aromatic heterocycles. The SMILES string of the molecule is C=CCN(CC=C)c1cc(C(=O)O)ccc1C(=O)c1ccccc1OC. The summed E-state index contributed by atoms with van der Waals surface area (Å²) in [7, 11) is 1.50. The van der Waals surface area contributed by atoms with Crippen molar-refractivity contribution in [1.82, 2.24) is 0 Å². The van der Waals surface area contributed by atoms with E-state index in [1.165, 1.54) is 25.3 Å². The Balaban J connectivity index is 2.62. The molecule has 0 aliphatic heterocycles. The second kappa shape index (κ2) is 8.67. The summed E-state index contributed by atoms with van der Waals surface area (Å²) in [6.07, 6.45) is 3.38. The quantitative estimate of drug-likeness (QED) is 0.550. The zero-order valence-corrected chi connectivity index (χ0v) is 14.6. The number of benzene rings is 2. The van der Waals surface area contributed by atoms with Crippen molar-refractivity contribution in [2.24, 2.45) is 0 Å². The van der Waals surface area contributed by atoms with Gasteiger partial charge in [0.15, 0.2) is 5.78 Å². The molecule has 0 amide bonds. The predicted octanol–water partition coefficient (Wildman–Crippen LogP) is 3.80. The van der Waals surface area contributed by atoms with Gasteiger partial charge >= 0.3 is 5.97 Å². The molecule has 0 saturated heterocycles. The van der Waals surface area contributed by atoms with Gasteiger partial charge in [-0.1, -0.05) is 24.3 Å². The Morgan fingerprint density at radius 3 is 2.31 bits per heavy atom. The zero-order chi connectivity index (χ0) is 19.1. The summed E-state index contributed by atoms with van der Waals surface area (Å²) in [4.78, 5) is 26.4. The Hall–Kier alpha value is -3.34. The molecule has 2 aromatic rings. The first kappa shape index (κ1) is 19.0. The number of carboxylic acid groups (broad SMARTS) is 1. The molecular weight excluding hydrogens is 330 g/mol. The van der Waals surface area contributed by atoms with E-state index in [9.17, 15) is 14.7 Å². The molecule has 2 rings (SSSR count). The minimum atomic E-state index is -1.06. The van der Waals surface area contributed by atoms with Crippen molar-refractivity contribution in [3.05, 3.63) is 84.5 Å². The molecular formula is C21H21NO4. The lowest BCUT2D eigenvalue weighted by Crippen LogP contribution is -2.26. The lowest BCUT2D eigenvalue weighted by molar-refractivity contribution is 0.0696. The molecule has 26 heavy (non-hydrogen) atoms. The number of carbonyl (C=O) groups is 2. The van der Waals surface area contributed by atoms with Crippen LogP contribution in [-0.2, 0) is 0 Å². The lowest BCUT2D eigenvalue weighted by atomic mass is 9.98. The molecule has 0 heterocycles. The van der Waals surface area contributed by atoms with Crippen LogP contribution in [-0.4, -0.2) is 37.1 Å². The van der Waals surface area contributed by atoms with E-state index in [2.05, 4.69) is 13.2 Å². The summed E-state index contributed by atoms with van der Waals surface area (Å²) < 4.78 is 5.28. The topological polar surface area (TPSA) is 66.8 Å². The molecule has 0 bridgehead atoms. The highest BCUT2D eigenvalue weighted by Gasteiger charge is 2.21. The Morgan fingerprint density at radius 2 is 1.73 bits per heavy atom. The van der Waals surface area contributed by atoms with Gasteiger partial charge in [-0.05, 0) is 30.3 Å². The van der Waals surface area contributed by atoms with Gasteiger partial charge in [0.25, 0.3) is 0 Å². The fraction of sp³-hybridized carbons (Fsp3) is 0.143. The number of ether oxygens (including phenoxy) is 1. The number of para-hydroxylation sites is 1. The molecule has 0 aliphatic rings. The van der Waals surface area contributed by atoms with Gasteiger partial charge in [-0.3, -0.25) is 4.79 Å². The Morgan fingerprint density at radius 1 is 1.08 bits per heavy atom. The van der Waals surface area contributed by atoms with Gasteiger partial charge in [-0.15, -0.1) is 13.2 Å². The van der Waals surface area contributed by atoms with Gasteiger partial charge in [0.1, 0.15) is 5.75 Å². The van der Waals surface area contributed by atoms with Crippen molar-refractivity contribution in [2.45, 2.75) is 0 Å². The number of nitrogens with zero attached hydrogens (tertiary/aromatic N) is 1. The van der Waals surface area contributed by atoms with E-state index in [0.717, 1.165) is 0 Å². The van der Waals surface area contributed by atoms with Crippen LogP contribution in [0, 0.1) is 0 Å². The molecule has 1 N–H and O–H groups in total. The lowest BCUT2D eigenvalue weighted by Gasteiger charge is -2.25. The Bertz CT molecular complexity index is 832. The first-order valence-electron chi connectivity index (χ1n) is 8.05. The van der Waals surface area contributed by atoms with Crippen molar-refractivity contribution < 1.29 is 19.4 Å². The molecule has 0 aliphatic carbocycles. The number of hydrogen-bond donors (Lipinski definition) is 1. The number of carboxylic acids is 1. The van der Waals surface area contributed by atoms with Gasteiger partial charge < -0.3 is 14.7 Å². The van der Waals surface area contributed by atoms with E-state index in [0.29, 0.717) is 35.7 Å². The van der Waals surface area contributed by atoms with Crippen LogP contribution in [0.2, 0.25) is 0 Å². The van der Waals surface area contributed by atoms with Crippen molar-refractivity contribution in [1.29, 1.82) is 0 Å². The second-order valence-corrected chi connectivity index (χ2v) is 5.55. The van der Waals surface area contributed by atoms with Gasteiger partial charge in [-0.2, -0.15) is 0 Å². The van der Waals surface area contributed by atoms with Gasteiger partial charge in [0.2, 0.25) is 0 Å². The molecule has 0 unspecified atom stereocenters. The predicted molar refractivity (Wildman–Crippen MR) is 102 cm³/mol. The fourth-order valence-corrected chi connectivity index (χ4v) is 2.68. The van der Waals surface area contributed by atoms with Crippen LogP contribution in [0.25, 0.3) is 0 Å². The average Bonchev–Trinajstić information content (AvgIpc) is 2.66. The number of anilines is 1. The molecule has 0 atom stereocenters. The third kappa shape index (κ3) is 4.00. The van der Waals surface area contributed by atoms with E-state index in [1.807, 2.05) is 4.90 Å². The first-order chi connectivity index (χ1) is 12.5. The van der Waals surface area contributed by atoms with Gasteiger partial charge in [-0.25, -0.2) is 4.79 Å². The maximum absolute atomic E-state index is 13.1. The van der Waals surface area contributed by atoms with E-state index in [-0.39, 0.29) is 11.3 Å². The summed E-state index contributed by atoms with van der Waals surface area (Å²) in [5, 5.41) is 9.32. The minimum Gasteiger partial charge on any atom is -0.496 e. The highest BCUT2D eigenvalue weighted by atomic mass is 16.5. The van der Waals surface area contributed by atoms with Gasteiger partial charge in [0, 0.05) is 24.3 Å². The van der Waals surface area contributed by atoms with Crippen molar-refractivity contribution in [2.75, 3.05) is 25.1 Å². The largest absolute Gasteiger partial charge is 0.496 e. The van der Waals surface area contributed by atoms with Crippen LogP contribution in [0.1, 0.15) is 26.3 Å². The summed E-state index contributed by atoms with van der Waals surface area (Å²) in [6.45, 7) is 8.35. The summed E-state index contributed by atoms with van der Waals surface area (Å²) in [5.41, 5.74) is 1.43. The van der Waals surface area contributed by atoms with E-state index in [1.54, 1.807) is 36.4 Å². The number of rotatable bonds is 9. The van der Waals surface area contributed by atoms with E-state index >= 15 is 0 Å². The van der Waals surface area contributed by atoms with Gasteiger partial charge in [0.05, 0.1) is 18.2 Å². The zero-order valence-electron chi connectivity index (χ0n) is 14.6. The number of hydrogen-bond acceptors (Lipinski definition) is 4. The van der Waals surface area contributed by atoms with Crippen LogP contribution in [0.5, 0.6) is 5.75 Å². The second-order valence-electron chi connectivity index (χ2n) is 5.55. The Kier molecular flexibility index (Phi) is 6.33. The van der Waals surface area contributed by atoms with Crippen LogP contribution in [0.4, 0.5) is 5.69 Å². The number of carbonyl (C=O) groups excluding carboxylic acids is 1. The Labute approximate surface area is 152 Å².